The molecule has 1 N–H and O–H groups in total. The van der Waals surface area contributed by atoms with Crippen molar-refractivity contribution in [1.29, 1.82) is 0 Å². The number of nitrogens with one attached hydrogen (secondary N) is 1. The number of carbonyl (C=O) groups is 1. The van der Waals surface area contributed by atoms with E-state index in [0.717, 1.165) is 16.9 Å². The highest BCUT2D eigenvalue weighted by Gasteiger charge is 2.10. The Morgan fingerprint density at radius 3 is 2.59 bits per heavy atom. The van der Waals surface area contributed by atoms with Crippen LogP contribution < -0.4 is 5.32 Å². The Kier molecular flexibility index (Phi) is 5.12. The number of non-ortho nitro benzene ring substituents is 1. The maximum atomic E-state index is 12.3. The molecule has 1 amide bonds. The Morgan fingerprint density at radius 2 is 1.89 bits per heavy atom. The van der Waals surface area contributed by atoms with Gasteiger partial charge in [-0.25, -0.2) is 4.68 Å². The highest BCUT2D eigenvalue weighted by molar-refractivity contribution is 6.01. The van der Waals surface area contributed by atoms with Gasteiger partial charge in [0, 0.05) is 24.3 Å². The first-order valence-electron chi connectivity index (χ1n) is 8.29. The number of anilines is 1. The molecule has 0 saturated heterocycles. The topological polar surface area (TPSA) is 90.1 Å². The van der Waals surface area contributed by atoms with Crippen LogP contribution in [-0.2, 0) is 4.79 Å². The highest BCUT2D eigenvalue weighted by atomic mass is 16.6. The van der Waals surface area contributed by atoms with E-state index in [9.17, 15) is 14.9 Å². The Hall–Kier alpha value is -3.74. The predicted molar refractivity (Wildman–Crippen MR) is 104 cm³/mol. The fourth-order valence-corrected chi connectivity index (χ4v) is 2.55. The number of amides is 1. The number of hydrogen-bond donors (Lipinski definition) is 1. The zero-order chi connectivity index (χ0) is 19.4. The molecular formula is C20H18N4O3. The lowest BCUT2D eigenvalue weighted by Gasteiger charge is -2.08. The summed E-state index contributed by atoms with van der Waals surface area (Å²) in [4.78, 5) is 22.6. The number of nitrogens with zero attached hydrogens (tertiary/aromatic N) is 3. The molecule has 0 radical (unpaired) electrons. The molecule has 0 aliphatic heterocycles. The van der Waals surface area contributed by atoms with E-state index in [1.807, 2.05) is 38.1 Å². The molecule has 0 aliphatic rings. The molecule has 3 rings (SSSR count). The molecule has 1 heterocycles. The number of carbonyl (C=O) groups excluding carboxylic acids is 1. The average Bonchev–Trinajstić information content (AvgIpc) is 3.01. The van der Waals surface area contributed by atoms with Crippen LogP contribution in [0.2, 0.25) is 0 Å². The second-order valence-electron chi connectivity index (χ2n) is 6.09. The van der Waals surface area contributed by atoms with Gasteiger partial charge in [0.25, 0.3) is 5.69 Å². The minimum atomic E-state index is -0.472. The van der Waals surface area contributed by atoms with Crippen LogP contribution in [0.1, 0.15) is 16.8 Å². The third-order valence-electron chi connectivity index (χ3n) is 3.87. The van der Waals surface area contributed by atoms with E-state index in [-0.39, 0.29) is 11.6 Å². The van der Waals surface area contributed by atoms with E-state index in [2.05, 4.69) is 10.4 Å². The van der Waals surface area contributed by atoms with Crippen molar-refractivity contribution >= 4 is 23.5 Å². The molecule has 0 unspecified atom stereocenters. The molecule has 0 atom stereocenters. The average molecular weight is 362 g/mol. The van der Waals surface area contributed by atoms with Gasteiger partial charge < -0.3 is 5.32 Å². The molecule has 0 saturated carbocycles. The standard InChI is InChI=1S/C20H18N4O3/c1-14-6-9-17(10-7-14)23-19(12-15(2)22-23)21-20(25)11-8-16-4-3-5-18(13-16)24(26)27/h3-13H,1-2H3,(H,21,25)/b11-8+. The maximum absolute atomic E-state index is 12.3. The Balaban J connectivity index is 1.78. The minimum absolute atomic E-state index is 0.0226. The molecule has 0 bridgehead atoms. The number of aryl methyl sites for hydroxylation is 2. The molecule has 0 aliphatic carbocycles. The Morgan fingerprint density at radius 1 is 1.15 bits per heavy atom. The number of rotatable bonds is 5. The Bertz CT molecular complexity index is 1020. The molecule has 7 heteroatoms. The fraction of sp³-hybridized carbons (Fsp3) is 0.100. The van der Waals surface area contributed by atoms with E-state index in [4.69, 9.17) is 0 Å². The Labute approximate surface area is 156 Å². The van der Waals surface area contributed by atoms with Crippen molar-refractivity contribution in [2.45, 2.75) is 13.8 Å². The van der Waals surface area contributed by atoms with Crippen molar-refractivity contribution in [3.63, 3.8) is 0 Å². The van der Waals surface area contributed by atoms with E-state index in [1.165, 1.54) is 24.3 Å². The van der Waals surface area contributed by atoms with E-state index >= 15 is 0 Å². The lowest BCUT2D eigenvalue weighted by atomic mass is 10.2. The molecule has 3 aromatic rings. The van der Waals surface area contributed by atoms with Gasteiger partial charge in [0.1, 0.15) is 5.82 Å². The van der Waals surface area contributed by atoms with Crippen LogP contribution in [0.4, 0.5) is 11.5 Å². The summed E-state index contributed by atoms with van der Waals surface area (Å²) in [7, 11) is 0. The minimum Gasteiger partial charge on any atom is -0.307 e. The van der Waals surface area contributed by atoms with Gasteiger partial charge in [0.05, 0.1) is 16.3 Å². The summed E-state index contributed by atoms with van der Waals surface area (Å²) in [6.07, 6.45) is 2.86. The van der Waals surface area contributed by atoms with Gasteiger partial charge in [0.15, 0.2) is 0 Å². The summed E-state index contributed by atoms with van der Waals surface area (Å²) >= 11 is 0. The SMILES string of the molecule is Cc1ccc(-n2nc(C)cc2NC(=O)/C=C/c2cccc([N+](=O)[O-])c2)cc1. The summed E-state index contributed by atoms with van der Waals surface area (Å²) < 4.78 is 1.66. The van der Waals surface area contributed by atoms with Crippen LogP contribution in [-0.4, -0.2) is 20.6 Å². The van der Waals surface area contributed by atoms with Crippen LogP contribution in [0.3, 0.4) is 0 Å². The van der Waals surface area contributed by atoms with Gasteiger partial charge in [-0.1, -0.05) is 29.8 Å². The van der Waals surface area contributed by atoms with Crippen LogP contribution in [0.5, 0.6) is 0 Å². The summed E-state index contributed by atoms with van der Waals surface area (Å²) in [5.74, 6) is 0.194. The van der Waals surface area contributed by atoms with Crippen LogP contribution in [0.15, 0.2) is 60.7 Å². The zero-order valence-electron chi connectivity index (χ0n) is 14.9. The van der Waals surface area contributed by atoms with Gasteiger partial charge in [-0.3, -0.25) is 14.9 Å². The zero-order valence-corrected chi connectivity index (χ0v) is 14.9. The first-order valence-corrected chi connectivity index (χ1v) is 8.29. The quantitative estimate of drug-likeness (QED) is 0.421. The van der Waals surface area contributed by atoms with Crippen molar-refractivity contribution in [1.82, 2.24) is 9.78 Å². The lowest BCUT2D eigenvalue weighted by Crippen LogP contribution is -2.12. The molecule has 0 spiro atoms. The van der Waals surface area contributed by atoms with Gasteiger partial charge in [-0.2, -0.15) is 5.10 Å². The number of hydrogen-bond acceptors (Lipinski definition) is 4. The van der Waals surface area contributed by atoms with E-state index in [1.54, 1.807) is 22.9 Å². The molecule has 1 aromatic heterocycles. The number of nitro benzene ring substituents is 1. The molecule has 27 heavy (non-hydrogen) atoms. The first-order chi connectivity index (χ1) is 12.9. The lowest BCUT2D eigenvalue weighted by molar-refractivity contribution is -0.384. The number of benzene rings is 2. The first kappa shape index (κ1) is 18.1. The van der Waals surface area contributed by atoms with Gasteiger partial charge in [-0.15, -0.1) is 0 Å². The smallest absolute Gasteiger partial charge is 0.270 e. The van der Waals surface area contributed by atoms with Gasteiger partial charge >= 0.3 is 0 Å². The largest absolute Gasteiger partial charge is 0.307 e. The van der Waals surface area contributed by atoms with Crippen LogP contribution >= 0.6 is 0 Å². The monoisotopic (exact) mass is 362 g/mol. The number of nitro groups is 1. The highest BCUT2D eigenvalue weighted by Crippen LogP contribution is 2.18. The third-order valence-corrected chi connectivity index (χ3v) is 3.87. The molecule has 2 aromatic carbocycles. The summed E-state index contributed by atoms with van der Waals surface area (Å²) in [5, 5.41) is 18.0. The number of aromatic nitrogens is 2. The summed E-state index contributed by atoms with van der Waals surface area (Å²) in [6, 6.07) is 15.7. The van der Waals surface area contributed by atoms with E-state index < -0.39 is 4.92 Å². The third kappa shape index (κ3) is 4.46. The summed E-state index contributed by atoms with van der Waals surface area (Å²) in [5.41, 5.74) is 3.29. The maximum Gasteiger partial charge on any atom is 0.270 e. The summed E-state index contributed by atoms with van der Waals surface area (Å²) in [6.45, 7) is 3.85. The van der Waals surface area contributed by atoms with Crippen molar-refractivity contribution in [3.05, 3.63) is 87.6 Å². The second kappa shape index (κ2) is 7.65. The normalized spacial score (nSPS) is 10.9. The van der Waals surface area contributed by atoms with Crippen molar-refractivity contribution in [3.8, 4) is 5.69 Å². The van der Waals surface area contributed by atoms with Crippen molar-refractivity contribution < 1.29 is 9.72 Å². The van der Waals surface area contributed by atoms with Crippen molar-refractivity contribution in [2.24, 2.45) is 0 Å². The van der Waals surface area contributed by atoms with Crippen LogP contribution in [0.25, 0.3) is 11.8 Å². The van der Waals surface area contributed by atoms with Gasteiger partial charge in [-0.05, 0) is 37.6 Å². The molecule has 0 fully saturated rings. The predicted octanol–water partition coefficient (Wildman–Crippen LogP) is 4.05. The van der Waals surface area contributed by atoms with E-state index in [0.29, 0.717) is 11.4 Å². The van der Waals surface area contributed by atoms with Gasteiger partial charge in [0.2, 0.25) is 5.91 Å². The second-order valence-corrected chi connectivity index (χ2v) is 6.09. The molecular weight excluding hydrogens is 344 g/mol. The molecule has 7 nitrogen and oxygen atoms in total. The van der Waals surface area contributed by atoms with Crippen molar-refractivity contribution in [2.75, 3.05) is 5.32 Å². The van der Waals surface area contributed by atoms with Crippen LogP contribution in [0, 0.1) is 24.0 Å². The molecule has 136 valence electrons. The fourth-order valence-electron chi connectivity index (χ4n) is 2.55.